The lowest BCUT2D eigenvalue weighted by Crippen LogP contribution is -2.34. The molecule has 2 aromatic rings. The summed E-state index contributed by atoms with van der Waals surface area (Å²) in [6.07, 6.45) is 8.80. The van der Waals surface area contributed by atoms with Gasteiger partial charge in [0.05, 0.1) is 6.21 Å². The minimum atomic E-state index is -0.264. The molecule has 1 aromatic carbocycles. The van der Waals surface area contributed by atoms with Gasteiger partial charge in [0.2, 0.25) is 17.8 Å². The number of aromatic nitrogens is 3. The van der Waals surface area contributed by atoms with E-state index in [1.165, 1.54) is 25.0 Å². The summed E-state index contributed by atoms with van der Waals surface area (Å²) in [5.41, 5.74) is 3.73. The highest BCUT2D eigenvalue weighted by Gasteiger charge is 2.20. The molecule has 148 valence electrons. The molecular formula is C20H26FN7. The monoisotopic (exact) mass is 383 g/mol. The van der Waals surface area contributed by atoms with Crippen LogP contribution in [0.1, 0.15) is 44.1 Å². The molecule has 2 saturated heterocycles. The summed E-state index contributed by atoms with van der Waals surface area (Å²) < 4.78 is 13.0. The van der Waals surface area contributed by atoms with Crippen molar-refractivity contribution in [1.29, 1.82) is 0 Å². The van der Waals surface area contributed by atoms with Crippen LogP contribution in [-0.2, 0) is 0 Å². The Morgan fingerprint density at radius 1 is 0.786 bits per heavy atom. The maximum atomic E-state index is 13.0. The Balaban J connectivity index is 1.54. The van der Waals surface area contributed by atoms with Gasteiger partial charge in [0, 0.05) is 26.2 Å². The largest absolute Gasteiger partial charge is 0.341 e. The van der Waals surface area contributed by atoms with Gasteiger partial charge in [-0.3, -0.25) is 0 Å². The highest BCUT2D eigenvalue weighted by Crippen LogP contribution is 2.22. The number of rotatable bonds is 5. The number of nitrogens with zero attached hydrogens (tertiary/aromatic N) is 6. The molecule has 3 heterocycles. The van der Waals surface area contributed by atoms with Crippen molar-refractivity contribution >= 4 is 24.1 Å². The molecule has 7 nitrogen and oxygen atoms in total. The Bertz CT molecular complexity index is 760. The van der Waals surface area contributed by atoms with Crippen LogP contribution in [0.2, 0.25) is 0 Å². The first-order valence-electron chi connectivity index (χ1n) is 10.1. The third-order valence-corrected chi connectivity index (χ3v) is 5.14. The van der Waals surface area contributed by atoms with Crippen LogP contribution in [0.3, 0.4) is 0 Å². The number of nitrogens with one attached hydrogen (secondary N) is 1. The van der Waals surface area contributed by atoms with E-state index in [4.69, 9.17) is 4.98 Å². The Morgan fingerprint density at radius 3 is 1.86 bits per heavy atom. The molecule has 0 bridgehead atoms. The van der Waals surface area contributed by atoms with Gasteiger partial charge in [0.25, 0.3) is 0 Å². The van der Waals surface area contributed by atoms with Crippen molar-refractivity contribution in [2.24, 2.45) is 5.10 Å². The predicted molar refractivity (Wildman–Crippen MR) is 110 cm³/mol. The van der Waals surface area contributed by atoms with Crippen molar-refractivity contribution in [3.05, 3.63) is 35.6 Å². The standard InChI is InChI=1S/C20H26FN7/c21-17-9-7-16(8-10-17)15-22-26-18-23-19(27-11-3-1-4-12-27)25-20(24-18)28-13-5-2-6-14-28/h7-10,15H,1-6,11-14H2,(H,23,24,25,26)/b22-15+. The number of anilines is 3. The fraction of sp³-hybridized carbons (Fsp3) is 0.500. The molecule has 1 aromatic heterocycles. The molecule has 0 spiro atoms. The van der Waals surface area contributed by atoms with E-state index in [-0.39, 0.29) is 5.82 Å². The number of hydrogen-bond acceptors (Lipinski definition) is 7. The van der Waals surface area contributed by atoms with Crippen molar-refractivity contribution in [2.45, 2.75) is 38.5 Å². The van der Waals surface area contributed by atoms with Crippen molar-refractivity contribution in [3.8, 4) is 0 Å². The summed E-state index contributed by atoms with van der Waals surface area (Å²) in [6.45, 7) is 3.90. The minimum absolute atomic E-state index is 0.264. The zero-order chi connectivity index (χ0) is 19.2. The molecule has 1 N–H and O–H groups in total. The Labute approximate surface area is 164 Å². The van der Waals surface area contributed by atoms with E-state index < -0.39 is 0 Å². The van der Waals surface area contributed by atoms with Gasteiger partial charge in [0.1, 0.15) is 5.82 Å². The molecule has 0 amide bonds. The Hall–Kier alpha value is -2.77. The predicted octanol–water partition coefficient (Wildman–Crippen LogP) is 3.44. The number of piperidine rings is 2. The summed E-state index contributed by atoms with van der Waals surface area (Å²) in [5.74, 6) is 1.61. The molecule has 8 heteroatoms. The molecular weight excluding hydrogens is 357 g/mol. The normalized spacial score (nSPS) is 17.9. The number of hydrazone groups is 1. The topological polar surface area (TPSA) is 69.5 Å². The van der Waals surface area contributed by atoms with Crippen molar-refractivity contribution in [3.63, 3.8) is 0 Å². The summed E-state index contributed by atoms with van der Waals surface area (Å²) in [6, 6.07) is 6.17. The average molecular weight is 383 g/mol. The smallest absolute Gasteiger partial charge is 0.250 e. The Kier molecular flexibility index (Phi) is 5.94. The second-order valence-electron chi connectivity index (χ2n) is 7.28. The highest BCUT2D eigenvalue weighted by atomic mass is 19.1. The summed E-state index contributed by atoms with van der Waals surface area (Å²) in [7, 11) is 0. The maximum absolute atomic E-state index is 13.0. The lowest BCUT2D eigenvalue weighted by molar-refractivity contribution is 0.556. The maximum Gasteiger partial charge on any atom is 0.250 e. The van der Waals surface area contributed by atoms with Gasteiger partial charge in [0.15, 0.2) is 0 Å². The lowest BCUT2D eigenvalue weighted by atomic mass is 10.1. The molecule has 0 unspecified atom stereocenters. The Morgan fingerprint density at radius 2 is 1.32 bits per heavy atom. The van der Waals surface area contributed by atoms with Crippen molar-refractivity contribution in [2.75, 3.05) is 41.4 Å². The van der Waals surface area contributed by atoms with E-state index in [9.17, 15) is 4.39 Å². The first kappa shape index (κ1) is 18.6. The second kappa shape index (κ2) is 8.95. The molecule has 0 radical (unpaired) electrons. The van der Waals surface area contributed by atoms with E-state index >= 15 is 0 Å². The third-order valence-electron chi connectivity index (χ3n) is 5.14. The van der Waals surface area contributed by atoms with E-state index in [1.807, 2.05) is 0 Å². The SMILES string of the molecule is Fc1ccc(/C=N/Nc2nc(N3CCCCC3)nc(N3CCCCC3)n2)cc1. The molecule has 4 rings (SSSR count). The highest BCUT2D eigenvalue weighted by molar-refractivity contribution is 5.79. The van der Waals surface area contributed by atoms with Gasteiger partial charge in [-0.05, 0) is 56.2 Å². The molecule has 28 heavy (non-hydrogen) atoms. The van der Waals surface area contributed by atoms with Crippen LogP contribution in [0.25, 0.3) is 0 Å². The summed E-state index contributed by atoms with van der Waals surface area (Å²) in [4.78, 5) is 18.4. The van der Waals surface area contributed by atoms with Gasteiger partial charge >= 0.3 is 0 Å². The van der Waals surface area contributed by atoms with E-state index in [0.717, 1.165) is 69.3 Å². The van der Waals surface area contributed by atoms with Crippen LogP contribution >= 0.6 is 0 Å². The van der Waals surface area contributed by atoms with Crippen LogP contribution in [0.4, 0.5) is 22.2 Å². The van der Waals surface area contributed by atoms with E-state index in [0.29, 0.717) is 5.95 Å². The molecule has 2 fully saturated rings. The van der Waals surface area contributed by atoms with Crippen LogP contribution < -0.4 is 15.2 Å². The van der Waals surface area contributed by atoms with Gasteiger partial charge in [-0.1, -0.05) is 12.1 Å². The zero-order valence-electron chi connectivity index (χ0n) is 16.0. The van der Waals surface area contributed by atoms with E-state index in [2.05, 4.69) is 30.3 Å². The first-order chi connectivity index (χ1) is 13.8. The molecule has 2 aliphatic heterocycles. The van der Waals surface area contributed by atoms with Gasteiger partial charge < -0.3 is 9.80 Å². The van der Waals surface area contributed by atoms with Gasteiger partial charge in [-0.15, -0.1) is 0 Å². The first-order valence-corrected chi connectivity index (χ1v) is 10.1. The fourth-order valence-electron chi connectivity index (χ4n) is 3.59. The number of halogens is 1. The van der Waals surface area contributed by atoms with Gasteiger partial charge in [-0.2, -0.15) is 20.1 Å². The minimum Gasteiger partial charge on any atom is -0.341 e. The lowest BCUT2D eigenvalue weighted by Gasteiger charge is -2.30. The van der Waals surface area contributed by atoms with Crippen LogP contribution in [-0.4, -0.2) is 47.3 Å². The molecule has 0 saturated carbocycles. The molecule has 0 aliphatic carbocycles. The molecule has 2 aliphatic rings. The van der Waals surface area contributed by atoms with Crippen LogP contribution in [0.15, 0.2) is 29.4 Å². The quantitative estimate of drug-likeness (QED) is 0.630. The van der Waals surface area contributed by atoms with Crippen LogP contribution in [0, 0.1) is 5.82 Å². The van der Waals surface area contributed by atoms with Gasteiger partial charge in [-0.25, -0.2) is 9.82 Å². The zero-order valence-corrected chi connectivity index (χ0v) is 16.0. The number of benzene rings is 1. The van der Waals surface area contributed by atoms with E-state index in [1.54, 1.807) is 18.3 Å². The second-order valence-corrected chi connectivity index (χ2v) is 7.28. The fourth-order valence-corrected chi connectivity index (χ4v) is 3.59. The molecule has 0 atom stereocenters. The summed E-state index contributed by atoms with van der Waals surface area (Å²) >= 11 is 0. The van der Waals surface area contributed by atoms with Crippen molar-refractivity contribution in [1.82, 2.24) is 15.0 Å². The van der Waals surface area contributed by atoms with Crippen LogP contribution in [0.5, 0.6) is 0 Å². The summed E-state index contributed by atoms with van der Waals surface area (Å²) in [5, 5.41) is 4.23. The van der Waals surface area contributed by atoms with Crippen molar-refractivity contribution < 1.29 is 4.39 Å². The average Bonchev–Trinajstić information content (AvgIpc) is 2.76. The third kappa shape index (κ3) is 4.74. The number of hydrogen-bond donors (Lipinski definition) is 1.